The molecule has 1 amide bonds. The van der Waals surface area contributed by atoms with Gasteiger partial charge in [-0.25, -0.2) is 0 Å². The van der Waals surface area contributed by atoms with Crippen LogP contribution in [0.2, 0.25) is 0 Å². The molecule has 5 heteroatoms. The van der Waals surface area contributed by atoms with Crippen molar-refractivity contribution in [2.24, 2.45) is 5.92 Å². The van der Waals surface area contributed by atoms with Crippen molar-refractivity contribution in [3.63, 3.8) is 0 Å². The Morgan fingerprint density at radius 2 is 2.19 bits per heavy atom. The van der Waals surface area contributed by atoms with Gasteiger partial charge in [-0.1, -0.05) is 0 Å². The van der Waals surface area contributed by atoms with Crippen LogP contribution < -0.4 is 10.6 Å². The van der Waals surface area contributed by atoms with Gasteiger partial charge in [0.05, 0.1) is 18.1 Å². The van der Waals surface area contributed by atoms with Crippen molar-refractivity contribution in [1.82, 2.24) is 10.6 Å². The van der Waals surface area contributed by atoms with Gasteiger partial charge >= 0.3 is 0 Å². The van der Waals surface area contributed by atoms with E-state index in [4.69, 9.17) is 4.74 Å². The largest absolute Gasteiger partial charge is 0.374 e. The highest BCUT2D eigenvalue weighted by molar-refractivity contribution is 5.85. The summed E-state index contributed by atoms with van der Waals surface area (Å²) in [5, 5.41) is 6.38. The quantitative estimate of drug-likeness (QED) is 0.744. The smallest absolute Gasteiger partial charge is 0.226 e. The summed E-state index contributed by atoms with van der Waals surface area (Å²) in [6, 6.07) is 0.344. The monoisotopic (exact) mass is 246 g/mol. The molecule has 0 saturated carbocycles. The Morgan fingerprint density at radius 3 is 2.75 bits per heavy atom. The van der Waals surface area contributed by atoms with Crippen LogP contribution >= 0.6 is 12.4 Å². The van der Waals surface area contributed by atoms with Crippen LogP contribution in [0.4, 0.5) is 0 Å². The van der Waals surface area contributed by atoms with Crippen molar-refractivity contribution >= 4 is 18.3 Å². The average Bonchev–Trinajstić information content (AvgIpc) is 2.93. The number of halogens is 1. The van der Waals surface area contributed by atoms with E-state index in [1.807, 2.05) is 0 Å². The van der Waals surface area contributed by atoms with Crippen LogP contribution in [0.25, 0.3) is 0 Å². The molecular weight excluding hydrogens is 228 g/mol. The van der Waals surface area contributed by atoms with E-state index in [-0.39, 0.29) is 30.3 Å². The molecule has 0 radical (unpaired) electrons. The Kier molecular flexibility index (Phi) is 3.72. The van der Waals surface area contributed by atoms with Gasteiger partial charge in [0.25, 0.3) is 0 Å². The number of carbonyl (C=O) groups excluding carboxylic acids is 1. The molecule has 3 fully saturated rings. The molecule has 3 aliphatic rings. The first kappa shape index (κ1) is 12.1. The Labute approximate surface area is 102 Å². The van der Waals surface area contributed by atoms with E-state index in [1.165, 1.54) is 0 Å². The van der Waals surface area contributed by atoms with Crippen LogP contribution in [0.1, 0.15) is 25.7 Å². The summed E-state index contributed by atoms with van der Waals surface area (Å²) in [4.78, 5) is 12.0. The van der Waals surface area contributed by atoms with E-state index < -0.39 is 0 Å². The summed E-state index contributed by atoms with van der Waals surface area (Å²) in [6.45, 7) is 1.95. The minimum Gasteiger partial charge on any atom is -0.374 e. The summed E-state index contributed by atoms with van der Waals surface area (Å²) in [5.74, 6) is 0.347. The van der Waals surface area contributed by atoms with Crippen LogP contribution in [0, 0.1) is 5.92 Å². The van der Waals surface area contributed by atoms with Gasteiger partial charge in [-0.05, 0) is 32.2 Å². The number of hydrogen-bond donors (Lipinski definition) is 2. The molecule has 3 aliphatic heterocycles. The number of carbonyl (C=O) groups is 1. The van der Waals surface area contributed by atoms with E-state index >= 15 is 0 Å². The standard InChI is InChI=1S/C11H18N2O2.ClH/c14-11(13-7-3-4-12-6-7)9-5-8-1-2-10(9)15-8;/h7-10,12H,1-6H2,(H,13,14);1H. The average molecular weight is 247 g/mol. The van der Waals surface area contributed by atoms with E-state index in [9.17, 15) is 4.79 Å². The maximum atomic E-state index is 12.0. The molecule has 0 aliphatic carbocycles. The van der Waals surface area contributed by atoms with Crippen molar-refractivity contribution in [2.45, 2.75) is 43.9 Å². The summed E-state index contributed by atoms with van der Waals surface area (Å²) < 4.78 is 5.69. The SMILES string of the molecule is Cl.O=C(NC1CCNC1)C1CC2CCC1O2. The van der Waals surface area contributed by atoms with Crippen LogP contribution in [0.3, 0.4) is 0 Å². The van der Waals surface area contributed by atoms with Crippen LogP contribution in [0.5, 0.6) is 0 Å². The molecule has 16 heavy (non-hydrogen) atoms. The lowest BCUT2D eigenvalue weighted by Gasteiger charge is -2.20. The molecule has 3 heterocycles. The number of ether oxygens (including phenoxy) is 1. The molecule has 2 bridgehead atoms. The first-order valence-electron chi connectivity index (χ1n) is 5.99. The lowest BCUT2D eigenvalue weighted by molar-refractivity contribution is -0.127. The van der Waals surface area contributed by atoms with E-state index in [0.717, 1.165) is 38.8 Å². The number of amides is 1. The second-order valence-corrected chi connectivity index (χ2v) is 4.91. The predicted octanol–water partition coefficient (Wildman–Crippen LogP) is 0.454. The lowest BCUT2D eigenvalue weighted by Crippen LogP contribution is -2.42. The topological polar surface area (TPSA) is 50.4 Å². The zero-order valence-electron chi connectivity index (χ0n) is 9.28. The summed E-state index contributed by atoms with van der Waals surface area (Å²) >= 11 is 0. The highest BCUT2D eigenvalue weighted by Gasteiger charge is 2.44. The minimum atomic E-state index is 0. The van der Waals surface area contributed by atoms with Gasteiger partial charge in [0.2, 0.25) is 5.91 Å². The molecule has 4 atom stereocenters. The van der Waals surface area contributed by atoms with Crippen molar-refractivity contribution in [2.75, 3.05) is 13.1 Å². The van der Waals surface area contributed by atoms with Crippen molar-refractivity contribution in [3.05, 3.63) is 0 Å². The van der Waals surface area contributed by atoms with Gasteiger partial charge in [-0.3, -0.25) is 4.79 Å². The fourth-order valence-electron chi connectivity index (χ4n) is 3.00. The van der Waals surface area contributed by atoms with Gasteiger partial charge < -0.3 is 15.4 Å². The minimum absolute atomic E-state index is 0. The zero-order chi connectivity index (χ0) is 10.3. The van der Waals surface area contributed by atoms with Crippen LogP contribution in [0.15, 0.2) is 0 Å². The molecule has 92 valence electrons. The molecule has 3 rings (SSSR count). The predicted molar refractivity (Wildman–Crippen MR) is 62.7 cm³/mol. The first-order chi connectivity index (χ1) is 7.33. The molecule has 0 aromatic rings. The van der Waals surface area contributed by atoms with E-state index in [2.05, 4.69) is 10.6 Å². The second kappa shape index (κ2) is 4.90. The normalized spacial score (nSPS) is 40.8. The second-order valence-electron chi connectivity index (χ2n) is 4.91. The molecule has 4 nitrogen and oxygen atoms in total. The maximum absolute atomic E-state index is 12.0. The third-order valence-electron chi connectivity index (χ3n) is 3.85. The maximum Gasteiger partial charge on any atom is 0.226 e. The van der Waals surface area contributed by atoms with Gasteiger partial charge in [0, 0.05) is 12.6 Å². The molecule has 0 aromatic heterocycles. The van der Waals surface area contributed by atoms with E-state index in [1.54, 1.807) is 0 Å². The summed E-state index contributed by atoms with van der Waals surface area (Å²) in [5.41, 5.74) is 0. The van der Waals surface area contributed by atoms with Gasteiger partial charge in [-0.2, -0.15) is 0 Å². The number of hydrogen-bond acceptors (Lipinski definition) is 3. The highest BCUT2D eigenvalue weighted by Crippen LogP contribution is 2.38. The number of rotatable bonds is 2. The molecular formula is C11H19ClN2O2. The van der Waals surface area contributed by atoms with Crippen molar-refractivity contribution in [1.29, 1.82) is 0 Å². The van der Waals surface area contributed by atoms with E-state index in [0.29, 0.717) is 12.1 Å². The molecule has 4 unspecified atom stereocenters. The molecule has 0 spiro atoms. The molecule has 2 N–H and O–H groups in total. The third-order valence-corrected chi connectivity index (χ3v) is 3.85. The van der Waals surface area contributed by atoms with Crippen LogP contribution in [-0.2, 0) is 9.53 Å². The van der Waals surface area contributed by atoms with Crippen molar-refractivity contribution in [3.8, 4) is 0 Å². The Morgan fingerprint density at radius 1 is 1.31 bits per heavy atom. The Hall–Kier alpha value is -0.320. The highest BCUT2D eigenvalue weighted by atomic mass is 35.5. The Balaban J connectivity index is 0.000000963. The molecule has 3 saturated heterocycles. The van der Waals surface area contributed by atoms with Gasteiger partial charge in [0.1, 0.15) is 0 Å². The lowest BCUT2D eigenvalue weighted by atomic mass is 9.88. The van der Waals surface area contributed by atoms with Gasteiger partial charge in [-0.15, -0.1) is 12.4 Å². The fourth-order valence-corrected chi connectivity index (χ4v) is 3.00. The zero-order valence-corrected chi connectivity index (χ0v) is 10.1. The summed E-state index contributed by atoms with van der Waals surface area (Å²) in [6.07, 6.45) is 4.81. The van der Waals surface area contributed by atoms with Crippen molar-refractivity contribution < 1.29 is 9.53 Å². The first-order valence-corrected chi connectivity index (χ1v) is 5.99. The summed E-state index contributed by atoms with van der Waals surface area (Å²) in [7, 11) is 0. The number of fused-ring (bicyclic) bond motifs is 2. The van der Waals surface area contributed by atoms with Gasteiger partial charge in [0.15, 0.2) is 0 Å². The van der Waals surface area contributed by atoms with Crippen LogP contribution in [-0.4, -0.2) is 37.2 Å². The Bertz CT molecular complexity index is 269. The fraction of sp³-hybridized carbons (Fsp3) is 0.909. The third kappa shape index (κ3) is 2.19. The molecule has 0 aromatic carbocycles. The number of nitrogens with one attached hydrogen (secondary N) is 2.